The minimum atomic E-state index is -1.06. The van der Waals surface area contributed by atoms with Gasteiger partial charge in [-0.05, 0) is 12.1 Å². The van der Waals surface area contributed by atoms with E-state index in [2.05, 4.69) is 10.3 Å². The number of fused-ring (bicyclic) bond motifs is 1. The molecule has 22 heavy (non-hydrogen) atoms. The summed E-state index contributed by atoms with van der Waals surface area (Å²) in [6.07, 6.45) is 1.37. The first-order valence-corrected chi connectivity index (χ1v) is 6.28. The number of hydrogen-bond donors (Lipinski definition) is 1. The lowest BCUT2D eigenvalue weighted by Crippen LogP contribution is -2.29. The molecule has 2 aromatic rings. The molecule has 2 heterocycles. The lowest BCUT2D eigenvalue weighted by molar-refractivity contribution is -0.137. The third-order valence-corrected chi connectivity index (χ3v) is 2.98. The molecule has 0 aliphatic carbocycles. The smallest absolute Gasteiger partial charge is 0.325 e. The summed E-state index contributed by atoms with van der Waals surface area (Å²) < 4.78 is 1.11. The Labute approximate surface area is 123 Å². The van der Waals surface area contributed by atoms with Crippen molar-refractivity contribution in [2.24, 2.45) is 0 Å². The molecule has 0 atom stereocenters. The van der Waals surface area contributed by atoms with Gasteiger partial charge in [0.1, 0.15) is 18.8 Å². The van der Waals surface area contributed by atoms with E-state index in [0.717, 1.165) is 4.68 Å². The number of carboxylic acid groups (broad SMARTS) is 1. The number of amides is 2. The predicted octanol–water partition coefficient (Wildman–Crippen LogP) is 0.0905. The molecule has 0 unspecified atom stereocenters. The number of carbonyl (C=O) groups excluding carboxylic acids is 2. The molecule has 1 aromatic carbocycles. The highest BCUT2D eigenvalue weighted by atomic mass is 16.7. The number of carboxylic acids is 1. The van der Waals surface area contributed by atoms with Crippen LogP contribution in [-0.4, -0.2) is 42.9 Å². The summed E-state index contributed by atoms with van der Waals surface area (Å²) in [6.45, 7) is -0.509. The van der Waals surface area contributed by atoms with Crippen LogP contribution in [0.5, 0.6) is 0 Å². The van der Waals surface area contributed by atoms with Crippen molar-refractivity contribution in [1.82, 2.24) is 20.1 Å². The van der Waals surface area contributed by atoms with Gasteiger partial charge in [-0.2, -0.15) is 0 Å². The molecule has 0 saturated heterocycles. The van der Waals surface area contributed by atoms with E-state index in [1.54, 1.807) is 24.3 Å². The highest BCUT2D eigenvalue weighted by Crippen LogP contribution is 2.22. The topological polar surface area (TPSA) is 115 Å². The van der Waals surface area contributed by atoms with Gasteiger partial charge >= 0.3 is 5.97 Å². The first kappa shape index (κ1) is 13.9. The molecule has 0 fully saturated rings. The number of aromatic nitrogens is 3. The second kappa shape index (κ2) is 5.37. The van der Waals surface area contributed by atoms with Crippen LogP contribution in [-0.2, 0) is 22.8 Å². The summed E-state index contributed by atoms with van der Waals surface area (Å²) in [7, 11) is 0. The van der Waals surface area contributed by atoms with Gasteiger partial charge in [0.25, 0.3) is 11.8 Å². The monoisotopic (exact) mass is 302 g/mol. The molecule has 0 spiro atoms. The Bertz CT molecular complexity index is 734. The van der Waals surface area contributed by atoms with Crippen LogP contribution in [0.15, 0.2) is 30.5 Å². The number of carbonyl (C=O) groups is 3. The van der Waals surface area contributed by atoms with E-state index in [0.29, 0.717) is 10.8 Å². The summed E-state index contributed by atoms with van der Waals surface area (Å²) >= 11 is 0. The molecule has 1 N–H and O–H groups in total. The van der Waals surface area contributed by atoms with Crippen LogP contribution in [0.4, 0.5) is 0 Å². The number of benzene rings is 1. The highest BCUT2D eigenvalue weighted by molar-refractivity contribution is 6.20. The van der Waals surface area contributed by atoms with E-state index >= 15 is 0 Å². The van der Waals surface area contributed by atoms with Crippen LogP contribution in [0.3, 0.4) is 0 Å². The second-order valence-corrected chi connectivity index (χ2v) is 4.52. The van der Waals surface area contributed by atoms with Crippen molar-refractivity contribution in [2.45, 2.75) is 13.2 Å². The fourth-order valence-corrected chi connectivity index (χ4v) is 2.04. The molecule has 1 aliphatic heterocycles. The summed E-state index contributed by atoms with van der Waals surface area (Å²) in [5.74, 6) is -2.14. The lowest BCUT2D eigenvalue weighted by Gasteiger charge is -2.11. The molecule has 0 saturated carbocycles. The third kappa shape index (κ3) is 2.44. The number of aliphatic carboxylic acids is 1. The van der Waals surface area contributed by atoms with Gasteiger partial charge in [0.15, 0.2) is 0 Å². The van der Waals surface area contributed by atoms with Crippen LogP contribution < -0.4 is 0 Å². The molecule has 2 amide bonds. The average molecular weight is 302 g/mol. The summed E-state index contributed by atoms with van der Waals surface area (Å²) in [6, 6.07) is 6.40. The Morgan fingerprint density at radius 3 is 2.41 bits per heavy atom. The SMILES string of the molecule is O=C(O)Cn1cc(CON2C(=O)c3ccccc3C2=O)nn1. The van der Waals surface area contributed by atoms with E-state index in [-0.39, 0.29) is 24.3 Å². The maximum atomic E-state index is 12.0. The Balaban J connectivity index is 1.68. The maximum Gasteiger partial charge on any atom is 0.325 e. The number of imide groups is 1. The minimum absolute atomic E-state index is 0.176. The highest BCUT2D eigenvalue weighted by Gasteiger charge is 2.36. The lowest BCUT2D eigenvalue weighted by atomic mass is 10.1. The van der Waals surface area contributed by atoms with Crippen molar-refractivity contribution in [3.63, 3.8) is 0 Å². The van der Waals surface area contributed by atoms with Gasteiger partial charge in [0, 0.05) is 0 Å². The molecule has 0 radical (unpaired) electrons. The summed E-state index contributed by atoms with van der Waals surface area (Å²) in [5.41, 5.74) is 0.863. The molecule has 0 bridgehead atoms. The zero-order valence-electron chi connectivity index (χ0n) is 11.2. The van der Waals surface area contributed by atoms with E-state index in [1.807, 2.05) is 0 Å². The largest absolute Gasteiger partial charge is 0.480 e. The number of rotatable bonds is 5. The Morgan fingerprint density at radius 2 is 1.82 bits per heavy atom. The molecule has 9 heteroatoms. The van der Waals surface area contributed by atoms with Gasteiger partial charge in [-0.1, -0.05) is 17.3 Å². The molecule has 3 rings (SSSR count). The van der Waals surface area contributed by atoms with Gasteiger partial charge < -0.3 is 5.11 Å². The molecule has 112 valence electrons. The van der Waals surface area contributed by atoms with Crippen molar-refractivity contribution >= 4 is 17.8 Å². The zero-order chi connectivity index (χ0) is 15.7. The third-order valence-electron chi connectivity index (χ3n) is 2.98. The van der Waals surface area contributed by atoms with Crippen molar-refractivity contribution in [3.05, 3.63) is 47.3 Å². The first-order valence-electron chi connectivity index (χ1n) is 6.28. The van der Waals surface area contributed by atoms with Crippen molar-refractivity contribution in [3.8, 4) is 0 Å². The van der Waals surface area contributed by atoms with E-state index in [4.69, 9.17) is 9.94 Å². The fourth-order valence-electron chi connectivity index (χ4n) is 2.04. The van der Waals surface area contributed by atoms with E-state index < -0.39 is 17.8 Å². The Hall–Kier alpha value is -3.07. The molecule has 1 aliphatic rings. The Morgan fingerprint density at radius 1 is 1.18 bits per heavy atom. The van der Waals surface area contributed by atoms with Crippen LogP contribution in [0.2, 0.25) is 0 Å². The number of hydroxylamine groups is 2. The zero-order valence-corrected chi connectivity index (χ0v) is 11.2. The number of nitrogens with zero attached hydrogens (tertiary/aromatic N) is 4. The fraction of sp³-hybridized carbons (Fsp3) is 0.154. The standard InChI is InChI=1S/C13H10N4O5/c18-11(19)6-16-5-8(14-15-16)7-22-17-12(20)9-3-1-2-4-10(9)13(17)21/h1-5H,6-7H2,(H,18,19). The molecular formula is C13H10N4O5. The van der Waals surface area contributed by atoms with E-state index in [1.165, 1.54) is 6.20 Å². The molecule has 1 aromatic heterocycles. The van der Waals surface area contributed by atoms with Crippen molar-refractivity contribution in [1.29, 1.82) is 0 Å². The van der Waals surface area contributed by atoms with Gasteiger partial charge in [0.05, 0.1) is 17.3 Å². The predicted molar refractivity (Wildman–Crippen MR) is 69.4 cm³/mol. The summed E-state index contributed by atoms with van der Waals surface area (Å²) in [4.78, 5) is 39.8. The van der Waals surface area contributed by atoms with Crippen LogP contribution >= 0.6 is 0 Å². The van der Waals surface area contributed by atoms with Gasteiger partial charge in [0.2, 0.25) is 0 Å². The Kier molecular flexibility index (Phi) is 3.39. The van der Waals surface area contributed by atoms with E-state index in [9.17, 15) is 14.4 Å². The van der Waals surface area contributed by atoms with Gasteiger partial charge in [-0.25, -0.2) is 4.68 Å². The van der Waals surface area contributed by atoms with Crippen molar-refractivity contribution < 1.29 is 24.3 Å². The van der Waals surface area contributed by atoms with Gasteiger partial charge in [-0.3, -0.25) is 19.2 Å². The van der Waals surface area contributed by atoms with Crippen LogP contribution in [0.25, 0.3) is 0 Å². The second-order valence-electron chi connectivity index (χ2n) is 4.52. The number of hydrogen-bond acceptors (Lipinski definition) is 6. The van der Waals surface area contributed by atoms with Gasteiger partial charge in [-0.15, -0.1) is 10.2 Å². The minimum Gasteiger partial charge on any atom is -0.480 e. The van der Waals surface area contributed by atoms with Crippen LogP contribution in [0, 0.1) is 0 Å². The van der Waals surface area contributed by atoms with Crippen LogP contribution in [0.1, 0.15) is 26.4 Å². The first-order chi connectivity index (χ1) is 10.6. The molecule has 9 nitrogen and oxygen atoms in total. The maximum absolute atomic E-state index is 12.0. The molecular weight excluding hydrogens is 292 g/mol. The summed E-state index contributed by atoms with van der Waals surface area (Å²) in [5, 5.41) is 16.6. The quantitative estimate of drug-likeness (QED) is 0.778. The normalized spacial score (nSPS) is 13.5. The average Bonchev–Trinajstić information content (AvgIpc) is 3.02. The van der Waals surface area contributed by atoms with Crippen molar-refractivity contribution in [2.75, 3.05) is 0 Å².